The van der Waals surface area contributed by atoms with E-state index in [9.17, 15) is 9.59 Å². The van der Waals surface area contributed by atoms with Crippen LogP contribution in [0.3, 0.4) is 0 Å². The first-order valence-corrected chi connectivity index (χ1v) is 11.3. The van der Waals surface area contributed by atoms with E-state index < -0.39 is 0 Å². The number of ether oxygens (including phenoxy) is 1. The van der Waals surface area contributed by atoms with Crippen molar-refractivity contribution in [3.05, 3.63) is 12.2 Å². The van der Waals surface area contributed by atoms with Gasteiger partial charge in [0, 0.05) is 38.4 Å². The number of imide groups is 1. The van der Waals surface area contributed by atoms with Gasteiger partial charge < -0.3 is 20.3 Å². The normalized spacial score (nSPS) is 31.2. The fourth-order valence-corrected chi connectivity index (χ4v) is 5.54. The molecule has 8 nitrogen and oxygen atoms in total. The number of hydrogen-bond acceptors (Lipinski definition) is 5. The predicted octanol–water partition coefficient (Wildman–Crippen LogP) is 1.08. The molecule has 2 heterocycles. The summed E-state index contributed by atoms with van der Waals surface area (Å²) in [5.74, 6) is 1.03. The van der Waals surface area contributed by atoms with Gasteiger partial charge in [-0.15, -0.1) is 24.0 Å². The van der Waals surface area contributed by atoms with E-state index in [1.807, 2.05) is 6.92 Å². The molecule has 31 heavy (non-hydrogen) atoms. The third kappa shape index (κ3) is 4.64. The maximum Gasteiger partial charge on any atom is 0.233 e. The lowest BCUT2D eigenvalue weighted by Gasteiger charge is -2.41. The van der Waals surface area contributed by atoms with Gasteiger partial charge >= 0.3 is 0 Å². The number of aliphatic imine (C=N–C) groups is 1. The Morgan fingerprint density at radius 1 is 1.16 bits per heavy atom. The molecule has 2 N–H and O–H groups in total. The van der Waals surface area contributed by atoms with E-state index in [1.165, 1.54) is 4.90 Å². The first kappa shape index (κ1) is 24.4. The van der Waals surface area contributed by atoms with Crippen molar-refractivity contribution >= 4 is 41.8 Å². The fourth-order valence-electron chi connectivity index (χ4n) is 5.54. The number of hydrogen-bond donors (Lipinski definition) is 2. The summed E-state index contributed by atoms with van der Waals surface area (Å²) in [6.07, 6.45) is 7.14. The monoisotopic (exact) mass is 545 g/mol. The number of nitrogens with one attached hydrogen (secondary N) is 2. The summed E-state index contributed by atoms with van der Waals surface area (Å²) in [5.41, 5.74) is 0.00517. The Morgan fingerprint density at radius 3 is 2.32 bits per heavy atom. The quantitative estimate of drug-likeness (QED) is 0.164. The number of allylic oxidation sites excluding steroid dienone is 2. The molecule has 2 saturated heterocycles. The third-order valence-electron chi connectivity index (χ3n) is 7.44. The summed E-state index contributed by atoms with van der Waals surface area (Å²) in [4.78, 5) is 34.2. The summed E-state index contributed by atoms with van der Waals surface area (Å²) >= 11 is 0. The van der Waals surface area contributed by atoms with Crippen LogP contribution in [0.15, 0.2) is 17.1 Å². The van der Waals surface area contributed by atoms with Crippen LogP contribution >= 0.6 is 24.0 Å². The lowest BCUT2D eigenvalue weighted by atomic mass is 9.85. The SMILES string of the molecule is CCNC(=NCC1(N(C)C)CCOCC1)NCCN1C(=O)C2C3C=CC(C3)C2C1=O.I. The van der Waals surface area contributed by atoms with E-state index >= 15 is 0 Å². The van der Waals surface area contributed by atoms with Crippen molar-refractivity contribution in [3.63, 3.8) is 0 Å². The summed E-state index contributed by atoms with van der Waals surface area (Å²) < 4.78 is 5.54. The summed E-state index contributed by atoms with van der Waals surface area (Å²) in [7, 11) is 4.20. The average molecular weight is 545 g/mol. The van der Waals surface area contributed by atoms with Gasteiger partial charge in [0.2, 0.25) is 11.8 Å². The highest BCUT2D eigenvalue weighted by molar-refractivity contribution is 14.0. The van der Waals surface area contributed by atoms with Crippen molar-refractivity contribution in [2.24, 2.45) is 28.7 Å². The van der Waals surface area contributed by atoms with E-state index in [0.717, 1.165) is 45.0 Å². The van der Waals surface area contributed by atoms with Gasteiger partial charge in [-0.2, -0.15) is 0 Å². The number of fused-ring (bicyclic) bond motifs is 5. The molecule has 2 bridgehead atoms. The van der Waals surface area contributed by atoms with Crippen molar-refractivity contribution in [1.29, 1.82) is 0 Å². The maximum absolute atomic E-state index is 12.8. The third-order valence-corrected chi connectivity index (χ3v) is 7.44. The molecule has 4 unspecified atom stereocenters. The van der Waals surface area contributed by atoms with Crippen molar-refractivity contribution in [3.8, 4) is 0 Å². The molecular formula is C22H36IN5O3. The number of likely N-dealkylation sites (N-methyl/N-ethyl adjacent to an activating group) is 1. The average Bonchev–Trinajstić information content (AvgIpc) is 3.42. The highest BCUT2D eigenvalue weighted by Crippen LogP contribution is 2.52. The van der Waals surface area contributed by atoms with Gasteiger partial charge in [0.1, 0.15) is 0 Å². The summed E-state index contributed by atoms with van der Waals surface area (Å²) in [5, 5.41) is 6.60. The van der Waals surface area contributed by atoms with Gasteiger partial charge in [0.25, 0.3) is 0 Å². The van der Waals surface area contributed by atoms with Gasteiger partial charge in [-0.3, -0.25) is 19.5 Å². The standard InChI is InChI=1S/C22H35N5O3.HI/c1-4-23-21(25-14-22(26(2)3)7-11-30-12-8-22)24-9-10-27-19(28)17-15-5-6-16(13-15)18(17)20(27)29;/h5-6,15-18H,4,7-14H2,1-3H3,(H2,23,24,25);1H. The first-order chi connectivity index (χ1) is 14.5. The van der Waals surface area contributed by atoms with Crippen LogP contribution in [0.25, 0.3) is 0 Å². The minimum absolute atomic E-state index is 0. The maximum atomic E-state index is 12.8. The zero-order valence-corrected chi connectivity index (χ0v) is 21.1. The molecule has 174 valence electrons. The molecule has 4 rings (SSSR count). The number of rotatable bonds is 7. The van der Waals surface area contributed by atoms with Gasteiger partial charge in [0.05, 0.1) is 18.4 Å². The molecule has 4 aliphatic rings. The number of likely N-dealkylation sites (tertiary alicyclic amines) is 1. The second-order valence-electron chi connectivity index (χ2n) is 9.18. The summed E-state index contributed by atoms with van der Waals surface area (Å²) in [6.45, 7) is 5.88. The number of guanidine groups is 1. The van der Waals surface area contributed by atoms with Crippen LogP contribution in [0, 0.1) is 23.7 Å². The van der Waals surface area contributed by atoms with Crippen molar-refractivity contribution in [2.75, 3.05) is 53.5 Å². The van der Waals surface area contributed by atoms with E-state index in [2.05, 4.69) is 41.8 Å². The second kappa shape index (κ2) is 10.2. The predicted molar refractivity (Wildman–Crippen MR) is 130 cm³/mol. The Bertz CT molecular complexity index is 705. The zero-order valence-electron chi connectivity index (χ0n) is 18.8. The molecule has 2 aliphatic carbocycles. The topological polar surface area (TPSA) is 86.3 Å². The van der Waals surface area contributed by atoms with E-state index in [0.29, 0.717) is 19.6 Å². The van der Waals surface area contributed by atoms with Gasteiger partial charge in [-0.25, -0.2) is 0 Å². The van der Waals surface area contributed by atoms with Gasteiger partial charge in [-0.05, 0) is 52.1 Å². The van der Waals surface area contributed by atoms with Crippen molar-refractivity contribution in [2.45, 2.75) is 31.7 Å². The van der Waals surface area contributed by atoms with Crippen LogP contribution in [-0.4, -0.2) is 86.6 Å². The molecular weight excluding hydrogens is 509 g/mol. The minimum atomic E-state index is -0.122. The fraction of sp³-hybridized carbons (Fsp3) is 0.773. The molecule has 1 saturated carbocycles. The van der Waals surface area contributed by atoms with Crippen molar-refractivity contribution in [1.82, 2.24) is 20.4 Å². The minimum Gasteiger partial charge on any atom is -0.381 e. The molecule has 0 spiro atoms. The lowest BCUT2D eigenvalue weighted by molar-refractivity contribution is -0.140. The second-order valence-corrected chi connectivity index (χ2v) is 9.18. The Morgan fingerprint density at radius 2 is 1.77 bits per heavy atom. The molecule has 4 atom stereocenters. The Kier molecular flexibility index (Phi) is 8.01. The van der Waals surface area contributed by atoms with Gasteiger partial charge in [0.15, 0.2) is 5.96 Å². The number of amides is 2. The highest BCUT2D eigenvalue weighted by atomic mass is 127. The molecule has 0 aromatic heterocycles. The molecule has 2 aliphatic heterocycles. The molecule has 0 aromatic carbocycles. The lowest BCUT2D eigenvalue weighted by Crippen LogP contribution is -2.52. The number of carbonyl (C=O) groups is 2. The summed E-state index contributed by atoms with van der Waals surface area (Å²) in [6, 6.07) is 0. The molecule has 2 amide bonds. The highest BCUT2D eigenvalue weighted by Gasteiger charge is 2.58. The molecule has 0 aromatic rings. The van der Waals surface area contributed by atoms with Crippen LogP contribution in [0.2, 0.25) is 0 Å². The van der Waals surface area contributed by atoms with Crippen molar-refractivity contribution < 1.29 is 14.3 Å². The van der Waals surface area contributed by atoms with E-state index in [1.54, 1.807) is 0 Å². The Balaban J connectivity index is 0.00000272. The van der Waals surface area contributed by atoms with Crippen LogP contribution in [0.4, 0.5) is 0 Å². The van der Waals surface area contributed by atoms with Crippen LogP contribution in [0.5, 0.6) is 0 Å². The molecule has 9 heteroatoms. The number of carbonyl (C=O) groups excluding carboxylic acids is 2. The van der Waals surface area contributed by atoms with Gasteiger partial charge in [-0.1, -0.05) is 12.2 Å². The molecule has 0 radical (unpaired) electrons. The van der Waals surface area contributed by atoms with Crippen LogP contribution in [-0.2, 0) is 14.3 Å². The number of nitrogens with zero attached hydrogens (tertiary/aromatic N) is 3. The molecule has 3 fully saturated rings. The Labute approximate surface area is 202 Å². The van der Waals surface area contributed by atoms with E-state index in [4.69, 9.17) is 9.73 Å². The zero-order chi connectivity index (χ0) is 21.3. The largest absolute Gasteiger partial charge is 0.381 e. The first-order valence-electron chi connectivity index (χ1n) is 11.3. The van der Waals surface area contributed by atoms with Crippen LogP contribution < -0.4 is 10.6 Å². The smallest absolute Gasteiger partial charge is 0.233 e. The Hall–Kier alpha value is -1.20. The van der Waals surface area contributed by atoms with E-state index in [-0.39, 0.29) is 65.0 Å². The van der Waals surface area contributed by atoms with Crippen LogP contribution in [0.1, 0.15) is 26.2 Å². The number of halogens is 1.